The number of benzene rings is 2. The summed E-state index contributed by atoms with van der Waals surface area (Å²) in [7, 11) is 0. The molecule has 1 aromatic heterocycles. The zero-order chi connectivity index (χ0) is 17.3. The van der Waals surface area contributed by atoms with Crippen molar-refractivity contribution in [3.8, 4) is 0 Å². The Morgan fingerprint density at radius 2 is 1.88 bits per heavy atom. The Bertz CT molecular complexity index is 871. The lowest BCUT2D eigenvalue weighted by molar-refractivity contribution is 0.0848. The lowest BCUT2D eigenvalue weighted by Crippen LogP contribution is -2.37. The number of carbonyl (C=O) groups is 1. The van der Waals surface area contributed by atoms with Gasteiger partial charge in [-0.15, -0.1) is 0 Å². The van der Waals surface area contributed by atoms with Crippen molar-refractivity contribution < 1.29 is 14.3 Å². The first-order valence-electron chi connectivity index (χ1n) is 7.78. The maximum atomic E-state index is 13.2. The van der Waals surface area contributed by atoms with E-state index in [0.29, 0.717) is 11.2 Å². The van der Waals surface area contributed by atoms with Gasteiger partial charge in [0, 0.05) is 10.9 Å². The number of rotatable bonds is 4. The largest absolute Gasteiger partial charge is 0.386 e. The van der Waals surface area contributed by atoms with Gasteiger partial charge in [0.2, 0.25) is 0 Å². The van der Waals surface area contributed by atoms with Gasteiger partial charge in [-0.25, -0.2) is 4.39 Å². The summed E-state index contributed by atoms with van der Waals surface area (Å²) in [6.07, 6.45) is -0.809. The minimum atomic E-state index is -0.809. The summed E-state index contributed by atoms with van der Waals surface area (Å²) in [6.45, 7) is 3.71. The third kappa shape index (κ3) is 3.31. The molecular formula is C19H19FN2O2. The average molecular weight is 326 g/mol. The molecule has 0 aliphatic rings. The number of aromatic amines is 1. The van der Waals surface area contributed by atoms with Crippen LogP contribution in [0, 0.1) is 12.7 Å². The Kier molecular flexibility index (Phi) is 4.36. The Morgan fingerprint density at radius 1 is 1.17 bits per heavy atom. The highest BCUT2D eigenvalue weighted by molar-refractivity contribution is 5.98. The molecule has 2 atom stereocenters. The van der Waals surface area contributed by atoms with Gasteiger partial charge in [0.25, 0.3) is 5.91 Å². The molecule has 0 radical (unpaired) electrons. The standard InChI is InChI=1S/C19H19FN2O2/c1-11-3-5-13(6-4-11)18(23)12(2)21-19(24)17-9-14-7-8-15(20)10-16(14)22-17/h3-10,12,18,22-23H,1-2H3,(H,21,24). The number of aliphatic hydroxyl groups excluding tert-OH is 1. The second kappa shape index (κ2) is 6.45. The molecule has 0 saturated carbocycles. The van der Waals surface area contributed by atoms with Gasteiger partial charge in [0.1, 0.15) is 11.5 Å². The van der Waals surface area contributed by atoms with Gasteiger partial charge in [-0.1, -0.05) is 29.8 Å². The lowest BCUT2D eigenvalue weighted by atomic mass is 10.0. The topological polar surface area (TPSA) is 65.1 Å². The van der Waals surface area contributed by atoms with E-state index in [9.17, 15) is 14.3 Å². The van der Waals surface area contributed by atoms with Gasteiger partial charge >= 0.3 is 0 Å². The van der Waals surface area contributed by atoms with Crippen LogP contribution < -0.4 is 5.32 Å². The van der Waals surface area contributed by atoms with Gasteiger partial charge in [-0.05, 0) is 43.7 Å². The van der Waals surface area contributed by atoms with Gasteiger partial charge < -0.3 is 15.4 Å². The molecule has 2 unspecified atom stereocenters. The summed E-state index contributed by atoms with van der Waals surface area (Å²) in [5.41, 5.74) is 2.74. The zero-order valence-corrected chi connectivity index (χ0v) is 13.5. The first kappa shape index (κ1) is 16.2. The van der Waals surface area contributed by atoms with E-state index in [-0.39, 0.29) is 11.7 Å². The maximum Gasteiger partial charge on any atom is 0.268 e. The van der Waals surface area contributed by atoms with Crippen LogP contribution in [0.15, 0.2) is 48.5 Å². The first-order valence-corrected chi connectivity index (χ1v) is 7.78. The number of carbonyl (C=O) groups excluding carboxylic acids is 1. The smallest absolute Gasteiger partial charge is 0.268 e. The van der Waals surface area contributed by atoms with Crippen molar-refractivity contribution in [2.75, 3.05) is 0 Å². The second-order valence-corrected chi connectivity index (χ2v) is 6.03. The van der Waals surface area contributed by atoms with E-state index in [1.807, 2.05) is 31.2 Å². The summed E-state index contributed by atoms with van der Waals surface area (Å²) in [6, 6.07) is 13.0. The molecule has 1 heterocycles. The Balaban J connectivity index is 1.73. The van der Waals surface area contributed by atoms with Crippen LogP contribution in [0.3, 0.4) is 0 Å². The fourth-order valence-electron chi connectivity index (χ4n) is 2.64. The Morgan fingerprint density at radius 3 is 2.58 bits per heavy atom. The highest BCUT2D eigenvalue weighted by Crippen LogP contribution is 2.19. The van der Waals surface area contributed by atoms with Crippen LogP contribution in [0.5, 0.6) is 0 Å². The SMILES string of the molecule is Cc1ccc(C(O)C(C)NC(=O)c2cc3ccc(F)cc3[nH]2)cc1. The van der Waals surface area contributed by atoms with Crippen molar-refractivity contribution in [2.45, 2.75) is 26.0 Å². The van der Waals surface area contributed by atoms with Crippen molar-refractivity contribution in [3.63, 3.8) is 0 Å². The van der Waals surface area contributed by atoms with E-state index in [4.69, 9.17) is 0 Å². The minimum Gasteiger partial charge on any atom is -0.386 e. The van der Waals surface area contributed by atoms with Crippen LogP contribution in [-0.4, -0.2) is 22.0 Å². The summed E-state index contributed by atoms with van der Waals surface area (Å²) in [5.74, 6) is -0.704. The summed E-state index contributed by atoms with van der Waals surface area (Å²) >= 11 is 0. The molecule has 3 N–H and O–H groups in total. The predicted octanol–water partition coefficient (Wildman–Crippen LogP) is 3.47. The van der Waals surface area contributed by atoms with Gasteiger partial charge in [-0.2, -0.15) is 0 Å². The minimum absolute atomic E-state index is 0.332. The summed E-state index contributed by atoms with van der Waals surface area (Å²) in [4.78, 5) is 15.2. The molecule has 3 aromatic rings. The molecule has 24 heavy (non-hydrogen) atoms. The average Bonchev–Trinajstić information content (AvgIpc) is 2.98. The Labute approximate surface area is 139 Å². The van der Waals surface area contributed by atoms with Crippen LogP contribution in [0.25, 0.3) is 10.9 Å². The molecular weight excluding hydrogens is 307 g/mol. The number of aryl methyl sites for hydroxylation is 1. The molecule has 0 spiro atoms. The van der Waals surface area contributed by atoms with Gasteiger partial charge in [-0.3, -0.25) is 4.79 Å². The Hall–Kier alpha value is -2.66. The fourth-order valence-corrected chi connectivity index (χ4v) is 2.64. The van der Waals surface area contributed by atoms with Gasteiger partial charge in [0.05, 0.1) is 12.1 Å². The number of hydrogen-bond acceptors (Lipinski definition) is 2. The molecule has 0 aliphatic carbocycles. The molecule has 3 rings (SSSR count). The highest BCUT2D eigenvalue weighted by Gasteiger charge is 2.20. The number of aliphatic hydroxyl groups is 1. The van der Waals surface area contributed by atoms with Crippen LogP contribution >= 0.6 is 0 Å². The molecule has 124 valence electrons. The van der Waals surface area contributed by atoms with Crippen LogP contribution in [0.4, 0.5) is 4.39 Å². The number of nitrogens with one attached hydrogen (secondary N) is 2. The van der Waals surface area contributed by atoms with Crippen molar-refractivity contribution >= 4 is 16.8 Å². The van der Waals surface area contributed by atoms with Crippen LogP contribution in [-0.2, 0) is 0 Å². The van der Waals surface area contributed by atoms with Crippen LogP contribution in [0.1, 0.15) is 34.6 Å². The number of H-pyrrole nitrogens is 1. The normalized spacial score (nSPS) is 13.7. The number of halogens is 1. The number of hydrogen-bond donors (Lipinski definition) is 3. The molecule has 0 aliphatic heterocycles. The number of fused-ring (bicyclic) bond motifs is 1. The van der Waals surface area contributed by atoms with E-state index in [2.05, 4.69) is 10.3 Å². The summed E-state index contributed by atoms with van der Waals surface area (Å²) < 4.78 is 13.2. The quantitative estimate of drug-likeness (QED) is 0.687. The molecule has 0 saturated heterocycles. The van der Waals surface area contributed by atoms with Crippen molar-refractivity contribution in [1.82, 2.24) is 10.3 Å². The third-order valence-electron chi connectivity index (χ3n) is 4.08. The third-order valence-corrected chi connectivity index (χ3v) is 4.08. The van der Waals surface area contributed by atoms with E-state index in [0.717, 1.165) is 16.5 Å². The second-order valence-electron chi connectivity index (χ2n) is 6.03. The molecule has 2 aromatic carbocycles. The van der Waals surface area contributed by atoms with E-state index in [1.54, 1.807) is 19.1 Å². The maximum absolute atomic E-state index is 13.2. The lowest BCUT2D eigenvalue weighted by Gasteiger charge is -2.20. The number of amides is 1. The number of aromatic nitrogens is 1. The van der Waals surface area contributed by atoms with Crippen LogP contribution in [0.2, 0.25) is 0 Å². The molecule has 0 bridgehead atoms. The van der Waals surface area contributed by atoms with Crippen molar-refractivity contribution in [2.24, 2.45) is 0 Å². The molecule has 0 fully saturated rings. The summed E-state index contributed by atoms with van der Waals surface area (Å²) in [5, 5.41) is 13.9. The van der Waals surface area contributed by atoms with E-state index >= 15 is 0 Å². The molecule has 1 amide bonds. The van der Waals surface area contributed by atoms with Gasteiger partial charge in [0.15, 0.2) is 0 Å². The first-order chi connectivity index (χ1) is 11.4. The molecule has 5 heteroatoms. The molecule has 4 nitrogen and oxygen atoms in total. The van der Waals surface area contributed by atoms with E-state index < -0.39 is 12.1 Å². The van der Waals surface area contributed by atoms with E-state index in [1.165, 1.54) is 12.1 Å². The fraction of sp³-hybridized carbons (Fsp3) is 0.211. The zero-order valence-electron chi connectivity index (χ0n) is 13.5. The van der Waals surface area contributed by atoms with Crippen molar-refractivity contribution in [1.29, 1.82) is 0 Å². The monoisotopic (exact) mass is 326 g/mol. The predicted molar refractivity (Wildman–Crippen MR) is 91.3 cm³/mol. The van der Waals surface area contributed by atoms with Crippen molar-refractivity contribution in [3.05, 3.63) is 71.2 Å². The highest BCUT2D eigenvalue weighted by atomic mass is 19.1.